The number of phenols is 1. The summed E-state index contributed by atoms with van der Waals surface area (Å²) in [7, 11) is 1.61. The normalized spacial score (nSPS) is 28.8. The summed E-state index contributed by atoms with van der Waals surface area (Å²) in [5.74, 6) is 2.68. The third-order valence-corrected chi connectivity index (χ3v) is 13.7. The van der Waals surface area contributed by atoms with Gasteiger partial charge in [0, 0.05) is 78.3 Å². The lowest BCUT2D eigenvalue weighted by Gasteiger charge is -2.56. The molecule has 2 amide bonds. The van der Waals surface area contributed by atoms with Crippen molar-refractivity contribution in [2.75, 3.05) is 27.0 Å². The standard InChI is InChI=1S/C44H60N4O9/c1-24-17-30-29(35(51)36(24)53-9)21-48-42(30,8)31-19-43(31,48)22-47-25(2)18-28-34(39-38(54-23-55-39)26(3)37(28)56-27(4)49)44(47)20-32(44)46-33(50)15-13-11-10-12-14-16-45-40(52)57-41(5,6)7/h17,25,31-32,51H,10-16,18-23H2,1-9H3,(H,45,52)(H,46,50)/t25?,31-,32+,42?,43?,44+/m1/s1. The number of alkyl carbamates (subject to hydrolysis) is 1. The Balaban J connectivity index is 1.00. The Morgan fingerprint density at radius 3 is 2.46 bits per heavy atom. The van der Waals surface area contributed by atoms with E-state index in [4.69, 9.17) is 23.7 Å². The number of carbonyl (C=O) groups is 3. The summed E-state index contributed by atoms with van der Waals surface area (Å²) in [5, 5.41) is 17.6. The second-order valence-electron chi connectivity index (χ2n) is 18.5. The summed E-state index contributed by atoms with van der Waals surface area (Å²) >= 11 is 0. The zero-order valence-electron chi connectivity index (χ0n) is 35.1. The van der Waals surface area contributed by atoms with Crippen molar-refractivity contribution < 1.29 is 43.2 Å². The first kappa shape index (κ1) is 39.6. The fourth-order valence-corrected chi connectivity index (χ4v) is 11.2. The molecule has 2 aromatic carbocycles. The van der Waals surface area contributed by atoms with E-state index in [2.05, 4.69) is 40.3 Å². The number of methoxy groups -OCH3 is 1. The first-order chi connectivity index (χ1) is 27.0. The number of nitrogens with one attached hydrogen (secondary N) is 2. The van der Waals surface area contributed by atoms with E-state index in [0.717, 1.165) is 72.9 Å². The molecule has 1 saturated heterocycles. The Bertz CT molecular complexity index is 2010. The van der Waals surface area contributed by atoms with E-state index in [-0.39, 0.29) is 47.6 Å². The molecule has 13 heteroatoms. The summed E-state index contributed by atoms with van der Waals surface area (Å²) < 4.78 is 29.2. The van der Waals surface area contributed by atoms with Crippen molar-refractivity contribution in [2.45, 2.75) is 154 Å². The van der Waals surface area contributed by atoms with Gasteiger partial charge in [-0.05, 0) is 97.8 Å². The number of amides is 2. The lowest BCUT2D eigenvalue weighted by atomic mass is 9.75. The van der Waals surface area contributed by atoms with Crippen LogP contribution >= 0.6 is 0 Å². The molecule has 3 fully saturated rings. The number of phenolic OH excluding ortho intramolecular Hbond substituents is 1. The van der Waals surface area contributed by atoms with E-state index in [9.17, 15) is 19.5 Å². The van der Waals surface area contributed by atoms with Crippen molar-refractivity contribution in [1.29, 1.82) is 0 Å². The first-order valence-corrected chi connectivity index (χ1v) is 20.8. The molecule has 6 atom stereocenters. The van der Waals surface area contributed by atoms with Crippen LogP contribution in [0.3, 0.4) is 0 Å². The molecule has 3 N–H and O–H groups in total. The van der Waals surface area contributed by atoms with Gasteiger partial charge in [-0.1, -0.05) is 19.3 Å². The maximum Gasteiger partial charge on any atom is 0.407 e. The molecule has 13 nitrogen and oxygen atoms in total. The predicted molar refractivity (Wildman–Crippen MR) is 212 cm³/mol. The van der Waals surface area contributed by atoms with Crippen molar-refractivity contribution in [3.8, 4) is 28.7 Å². The van der Waals surface area contributed by atoms with E-state index in [1.54, 1.807) is 7.11 Å². The van der Waals surface area contributed by atoms with Gasteiger partial charge in [0.2, 0.25) is 12.7 Å². The minimum Gasteiger partial charge on any atom is -0.504 e. The molecule has 2 saturated carbocycles. The van der Waals surface area contributed by atoms with Gasteiger partial charge in [0.15, 0.2) is 23.0 Å². The molecule has 0 aromatic heterocycles. The van der Waals surface area contributed by atoms with Crippen LogP contribution < -0.4 is 29.6 Å². The van der Waals surface area contributed by atoms with Crippen molar-refractivity contribution in [1.82, 2.24) is 20.4 Å². The molecule has 4 heterocycles. The first-order valence-electron chi connectivity index (χ1n) is 20.8. The zero-order valence-corrected chi connectivity index (χ0v) is 35.1. The summed E-state index contributed by atoms with van der Waals surface area (Å²) in [6.07, 6.45) is 6.94. The van der Waals surface area contributed by atoms with Crippen LogP contribution in [0, 0.1) is 19.8 Å². The van der Waals surface area contributed by atoms with Crippen LogP contribution in [-0.2, 0) is 38.4 Å². The topological polar surface area (TPSA) is 148 Å². The number of hydrogen-bond donors (Lipinski definition) is 3. The highest BCUT2D eigenvalue weighted by Gasteiger charge is 2.82. The number of rotatable bonds is 13. The van der Waals surface area contributed by atoms with Crippen LogP contribution in [0.1, 0.15) is 126 Å². The zero-order chi connectivity index (χ0) is 40.8. The van der Waals surface area contributed by atoms with Crippen LogP contribution in [0.4, 0.5) is 4.79 Å². The lowest BCUT2D eigenvalue weighted by Crippen LogP contribution is -2.66. The Kier molecular flexibility index (Phi) is 9.70. The monoisotopic (exact) mass is 788 g/mol. The van der Waals surface area contributed by atoms with Crippen LogP contribution in [0.5, 0.6) is 28.7 Å². The minimum absolute atomic E-state index is 0.0257. The van der Waals surface area contributed by atoms with E-state index in [1.807, 2.05) is 34.6 Å². The number of nitrogens with zero attached hydrogens (tertiary/aromatic N) is 2. The Hall–Kier alpha value is -4.23. The molecule has 1 spiro atoms. The van der Waals surface area contributed by atoms with Crippen molar-refractivity contribution in [2.24, 2.45) is 5.92 Å². The number of ether oxygens (including phenoxy) is 5. The third kappa shape index (κ3) is 6.29. The number of benzene rings is 2. The maximum atomic E-state index is 13.7. The molecule has 2 aromatic rings. The molecule has 57 heavy (non-hydrogen) atoms. The Labute approximate surface area is 336 Å². The molecule has 310 valence electrons. The van der Waals surface area contributed by atoms with Crippen LogP contribution in [0.2, 0.25) is 0 Å². The number of esters is 1. The van der Waals surface area contributed by atoms with Crippen LogP contribution in [-0.4, -0.2) is 83.1 Å². The van der Waals surface area contributed by atoms with Gasteiger partial charge in [-0.3, -0.25) is 19.4 Å². The smallest absolute Gasteiger partial charge is 0.407 e. The molecular weight excluding hydrogens is 729 g/mol. The molecule has 3 unspecified atom stereocenters. The van der Waals surface area contributed by atoms with E-state index < -0.39 is 17.2 Å². The number of unbranched alkanes of at least 4 members (excludes halogenated alkanes) is 4. The largest absolute Gasteiger partial charge is 0.504 e. The Morgan fingerprint density at radius 1 is 1.02 bits per heavy atom. The summed E-state index contributed by atoms with van der Waals surface area (Å²) in [5.41, 5.74) is 4.43. The molecule has 6 aliphatic rings. The summed E-state index contributed by atoms with van der Waals surface area (Å²) in [6, 6.07) is 2.10. The number of fused-ring (bicyclic) bond motifs is 10. The van der Waals surface area contributed by atoms with E-state index in [1.165, 1.54) is 12.5 Å². The van der Waals surface area contributed by atoms with Gasteiger partial charge in [0.1, 0.15) is 11.4 Å². The average molecular weight is 789 g/mol. The maximum absolute atomic E-state index is 13.7. The third-order valence-electron chi connectivity index (χ3n) is 13.7. The molecular formula is C44H60N4O9. The number of aromatic hydroxyl groups is 1. The van der Waals surface area contributed by atoms with Gasteiger partial charge in [-0.25, -0.2) is 4.79 Å². The highest BCUT2D eigenvalue weighted by atomic mass is 16.7. The predicted octanol–water partition coefficient (Wildman–Crippen LogP) is 6.37. The quantitative estimate of drug-likeness (QED) is 0.118. The fraction of sp³-hybridized carbons (Fsp3) is 0.659. The number of hydrogen-bond acceptors (Lipinski definition) is 11. The highest BCUT2D eigenvalue weighted by Crippen LogP contribution is 2.76. The molecule has 0 bridgehead atoms. The van der Waals surface area contributed by atoms with E-state index in [0.29, 0.717) is 61.3 Å². The SMILES string of the molecule is COc1c(C)cc2c(c1O)CN1C3(CN4C(C)Cc5c(OC(C)=O)c(C)c6c(c5[C@@]45C[C@@H]5NC(=O)CCCCCCCNC(=O)OC(C)(C)C)OCO6)C[C@@H]3C21C. The second-order valence-corrected chi connectivity index (χ2v) is 18.5. The minimum atomic E-state index is -0.577. The number of carbonyl (C=O) groups excluding carboxylic acids is 3. The molecule has 4 aliphatic heterocycles. The van der Waals surface area contributed by atoms with Crippen molar-refractivity contribution in [3.05, 3.63) is 39.4 Å². The second kappa shape index (κ2) is 14.0. The van der Waals surface area contributed by atoms with Gasteiger partial charge < -0.3 is 39.4 Å². The fourth-order valence-electron chi connectivity index (χ4n) is 11.2. The Morgan fingerprint density at radius 2 is 1.74 bits per heavy atom. The van der Waals surface area contributed by atoms with Crippen molar-refractivity contribution >= 4 is 18.0 Å². The highest BCUT2D eigenvalue weighted by molar-refractivity contribution is 5.79. The van der Waals surface area contributed by atoms with Gasteiger partial charge >= 0.3 is 12.1 Å². The van der Waals surface area contributed by atoms with Gasteiger partial charge in [-0.2, -0.15) is 0 Å². The number of aryl methyl sites for hydroxylation is 1. The molecule has 0 radical (unpaired) electrons. The summed E-state index contributed by atoms with van der Waals surface area (Å²) in [6.45, 7) is 17.5. The molecule has 2 aliphatic carbocycles. The van der Waals surface area contributed by atoms with Crippen molar-refractivity contribution in [3.63, 3.8) is 0 Å². The van der Waals surface area contributed by atoms with Gasteiger partial charge in [-0.15, -0.1) is 0 Å². The molecule has 8 rings (SSSR count). The van der Waals surface area contributed by atoms with Crippen LogP contribution in [0.15, 0.2) is 6.07 Å². The van der Waals surface area contributed by atoms with Crippen LogP contribution in [0.25, 0.3) is 0 Å². The summed E-state index contributed by atoms with van der Waals surface area (Å²) in [4.78, 5) is 43.3. The van der Waals surface area contributed by atoms with Gasteiger partial charge in [0.05, 0.1) is 18.7 Å². The average Bonchev–Trinajstić information content (AvgIpc) is 3.88. The lowest BCUT2D eigenvalue weighted by molar-refractivity contribution is -0.132. The van der Waals surface area contributed by atoms with Gasteiger partial charge in [0.25, 0.3) is 0 Å². The van der Waals surface area contributed by atoms with E-state index >= 15 is 0 Å².